The molecule has 0 bridgehead atoms. The standard InChI is InChI=1S/C34H46N2O4S.Li/c1-24-11-9-10-16-28(24)30-23-25(17-19-29(30)33(38)35-31(34(39)40)21-22-41-2)18-20-32(37)36(26-12-5-3-6-13-26)27-14-7-4-8-15-27;/h9-11,16-17,19,23,26-27,31H,3-8,12-15,18,20-22H2,1-2H3,(H,35,38)(H,39,40);/q;+1/p-1. The molecule has 2 aliphatic rings. The van der Waals surface area contributed by atoms with Gasteiger partial charge in [-0.1, -0.05) is 74.9 Å². The van der Waals surface area contributed by atoms with Gasteiger partial charge in [-0.05, 0) is 85.8 Å². The molecule has 1 N–H and O–H groups in total. The van der Waals surface area contributed by atoms with E-state index in [1.165, 1.54) is 50.3 Å². The topological polar surface area (TPSA) is 89.5 Å². The number of carbonyl (C=O) groups excluding carboxylic acids is 3. The monoisotopic (exact) mass is 584 g/mol. The second-order valence-corrected chi connectivity index (χ2v) is 12.7. The van der Waals surface area contributed by atoms with E-state index in [9.17, 15) is 19.5 Å². The van der Waals surface area contributed by atoms with Gasteiger partial charge in [0.15, 0.2) is 0 Å². The van der Waals surface area contributed by atoms with Crippen LogP contribution in [0.5, 0.6) is 0 Å². The van der Waals surface area contributed by atoms with Gasteiger partial charge in [0.25, 0.3) is 5.91 Å². The number of aryl methyl sites for hydroxylation is 2. The SMILES string of the molecule is CSCCC(NC(=O)c1ccc(CCC(=O)N(C2CCCCC2)C2CCCCC2)cc1-c1ccccc1C)C(=O)[O-].[Li+]. The minimum Gasteiger partial charge on any atom is -0.548 e. The van der Waals surface area contributed by atoms with E-state index in [4.69, 9.17) is 0 Å². The number of hydrogen-bond donors (Lipinski definition) is 1. The van der Waals surface area contributed by atoms with E-state index in [1.54, 1.807) is 6.07 Å². The van der Waals surface area contributed by atoms with Crippen molar-refractivity contribution in [3.8, 4) is 11.1 Å². The molecule has 0 aliphatic heterocycles. The van der Waals surface area contributed by atoms with E-state index < -0.39 is 17.9 Å². The molecule has 0 radical (unpaired) electrons. The number of aliphatic carboxylic acids is 1. The number of carbonyl (C=O) groups is 3. The maximum Gasteiger partial charge on any atom is 1.00 e. The van der Waals surface area contributed by atoms with Crippen LogP contribution in [0.25, 0.3) is 11.1 Å². The summed E-state index contributed by atoms with van der Waals surface area (Å²) in [6.07, 6.45) is 15.1. The maximum absolute atomic E-state index is 13.8. The van der Waals surface area contributed by atoms with Crippen LogP contribution in [0.2, 0.25) is 0 Å². The Kier molecular flexibility index (Phi) is 14.0. The van der Waals surface area contributed by atoms with Crippen molar-refractivity contribution in [3.63, 3.8) is 0 Å². The second kappa shape index (κ2) is 17.2. The fraction of sp³-hybridized carbons (Fsp3) is 0.559. The third-order valence-electron chi connectivity index (χ3n) is 8.82. The van der Waals surface area contributed by atoms with Crippen LogP contribution in [0.1, 0.15) is 98.5 Å². The van der Waals surface area contributed by atoms with Crippen molar-refractivity contribution in [3.05, 3.63) is 59.2 Å². The Balaban J connectivity index is 0.00000484. The summed E-state index contributed by atoms with van der Waals surface area (Å²) in [6, 6.07) is 13.3. The van der Waals surface area contributed by atoms with E-state index in [2.05, 4.69) is 10.2 Å². The van der Waals surface area contributed by atoms with Gasteiger partial charge in [-0.3, -0.25) is 9.59 Å². The molecule has 4 rings (SSSR count). The predicted molar refractivity (Wildman–Crippen MR) is 165 cm³/mol. The van der Waals surface area contributed by atoms with E-state index in [1.807, 2.05) is 49.6 Å². The van der Waals surface area contributed by atoms with Crippen molar-refractivity contribution in [1.82, 2.24) is 10.2 Å². The van der Waals surface area contributed by atoms with Crippen molar-refractivity contribution < 1.29 is 38.4 Å². The molecule has 2 amide bonds. The average molecular weight is 585 g/mol. The maximum atomic E-state index is 13.8. The van der Waals surface area contributed by atoms with Crippen LogP contribution in [0.15, 0.2) is 42.5 Å². The Hall–Kier alpha value is -2.20. The summed E-state index contributed by atoms with van der Waals surface area (Å²) in [5, 5.41) is 14.4. The molecule has 2 aromatic rings. The second-order valence-electron chi connectivity index (χ2n) is 11.7. The number of carboxylic acids is 1. The first kappa shape index (κ1) is 34.3. The summed E-state index contributed by atoms with van der Waals surface area (Å²) in [6.45, 7) is 2.00. The number of amides is 2. The molecular weight excluding hydrogens is 539 g/mol. The van der Waals surface area contributed by atoms with Gasteiger partial charge in [0.2, 0.25) is 5.91 Å². The number of nitrogens with zero attached hydrogens (tertiary/aromatic N) is 1. The fourth-order valence-electron chi connectivity index (χ4n) is 6.57. The molecule has 6 nitrogen and oxygen atoms in total. The summed E-state index contributed by atoms with van der Waals surface area (Å²) < 4.78 is 0. The Bertz CT molecular complexity index is 1180. The van der Waals surface area contributed by atoms with Crippen molar-refractivity contribution in [2.75, 3.05) is 12.0 Å². The molecule has 2 saturated carbocycles. The van der Waals surface area contributed by atoms with Crippen LogP contribution < -0.4 is 29.3 Å². The molecule has 2 aliphatic carbocycles. The van der Waals surface area contributed by atoms with E-state index in [0.717, 1.165) is 47.9 Å². The first-order valence-corrected chi connectivity index (χ1v) is 16.8. The van der Waals surface area contributed by atoms with Crippen LogP contribution in [-0.2, 0) is 16.0 Å². The molecule has 0 spiro atoms. The van der Waals surface area contributed by atoms with Gasteiger partial charge in [0.05, 0.1) is 12.0 Å². The van der Waals surface area contributed by atoms with Gasteiger partial charge >= 0.3 is 18.9 Å². The van der Waals surface area contributed by atoms with Gasteiger partial charge < -0.3 is 20.1 Å². The number of benzene rings is 2. The Labute approximate surface area is 268 Å². The third kappa shape index (κ3) is 9.15. The third-order valence-corrected chi connectivity index (χ3v) is 9.46. The summed E-state index contributed by atoms with van der Waals surface area (Å²) in [5.41, 5.74) is 4.12. The number of thioether (sulfide) groups is 1. The van der Waals surface area contributed by atoms with Gasteiger partial charge in [-0.15, -0.1) is 0 Å². The molecular formula is C34H45LiN2O4S. The van der Waals surface area contributed by atoms with E-state index >= 15 is 0 Å². The Morgan fingerprint density at radius 1 is 0.929 bits per heavy atom. The smallest absolute Gasteiger partial charge is 0.548 e. The minimum absolute atomic E-state index is 0. The van der Waals surface area contributed by atoms with E-state index in [0.29, 0.717) is 42.7 Å². The summed E-state index contributed by atoms with van der Waals surface area (Å²) in [5.74, 6) is -0.842. The number of nitrogens with one attached hydrogen (secondary N) is 1. The van der Waals surface area contributed by atoms with Crippen LogP contribution in [-0.4, -0.2) is 52.8 Å². The summed E-state index contributed by atoms with van der Waals surface area (Å²) in [4.78, 5) is 41.1. The zero-order valence-electron chi connectivity index (χ0n) is 25.7. The molecule has 42 heavy (non-hydrogen) atoms. The number of carboxylic acid groups (broad SMARTS) is 1. The molecule has 1 atom stereocenters. The zero-order chi connectivity index (χ0) is 29.2. The largest absolute Gasteiger partial charge is 1.00 e. The molecule has 1 unspecified atom stereocenters. The van der Waals surface area contributed by atoms with Crippen molar-refractivity contribution in [1.29, 1.82) is 0 Å². The molecule has 2 fully saturated rings. The molecule has 0 saturated heterocycles. The van der Waals surface area contributed by atoms with Crippen molar-refractivity contribution in [2.24, 2.45) is 0 Å². The van der Waals surface area contributed by atoms with Crippen molar-refractivity contribution >= 4 is 29.5 Å². The molecule has 0 heterocycles. The summed E-state index contributed by atoms with van der Waals surface area (Å²) >= 11 is 1.53. The number of rotatable bonds is 12. The van der Waals surface area contributed by atoms with Gasteiger partial charge in [0.1, 0.15) is 0 Å². The minimum atomic E-state index is -1.28. The normalized spacial score (nSPS) is 16.7. The summed E-state index contributed by atoms with van der Waals surface area (Å²) in [7, 11) is 0. The van der Waals surface area contributed by atoms with Crippen LogP contribution >= 0.6 is 11.8 Å². The van der Waals surface area contributed by atoms with E-state index in [-0.39, 0.29) is 24.8 Å². The van der Waals surface area contributed by atoms with Gasteiger partial charge in [-0.2, -0.15) is 11.8 Å². The fourth-order valence-corrected chi connectivity index (χ4v) is 7.04. The first-order chi connectivity index (χ1) is 19.9. The van der Waals surface area contributed by atoms with Crippen LogP contribution in [0.3, 0.4) is 0 Å². The van der Waals surface area contributed by atoms with Gasteiger partial charge in [0, 0.05) is 24.1 Å². The Morgan fingerprint density at radius 3 is 2.12 bits per heavy atom. The zero-order valence-corrected chi connectivity index (χ0v) is 26.5. The Morgan fingerprint density at radius 2 is 1.55 bits per heavy atom. The predicted octanol–water partition coefficient (Wildman–Crippen LogP) is 2.69. The van der Waals surface area contributed by atoms with Gasteiger partial charge in [-0.25, -0.2) is 0 Å². The molecule has 2 aromatic carbocycles. The average Bonchev–Trinajstić information content (AvgIpc) is 2.99. The van der Waals surface area contributed by atoms with Crippen LogP contribution in [0, 0.1) is 6.92 Å². The molecule has 222 valence electrons. The molecule has 8 heteroatoms. The van der Waals surface area contributed by atoms with Crippen LogP contribution in [0.4, 0.5) is 0 Å². The quantitative estimate of drug-likeness (QED) is 0.388. The van der Waals surface area contributed by atoms with Crippen molar-refractivity contribution in [2.45, 2.75) is 109 Å². The molecule has 0 aromatic heterocycles. The number of hydrogen-bond acceptors (Lipinski definition) is 5. The first-order valence-electron chi connectivity index (χ1n) is 15.4.